The highest BCUT2D eigenvalue weighted by Crippen LogP contribution is 2.41. The predicted molar refractivity (Wildman–Crippen MR) is 123 cm³/mol. The zero-order valence-corrected chi connectivity index (χ0v) is 18.9. The van der Waals surface area contributed by atoms with Crippen LogP contribution in [-0.2, 0) is 4.79 Å². The Bertz CT molecular complexity index is 1110. The van der Waals surface area contributed by atoms with E-state index in [4.69, 9.17) is 18.6 Å². The first-order valence-corrected chi connectivity index (χ1v) is 10.2. The van der Waals surface area contributed by atoms with Crippen LogP contribution >= 0.6 is 0 Å². The lowest BCUT2D eigenvalue weighted by Gasteiger charge is -2.12. The van der Waals surface area contributed by atoms with E-state index in [1.807, 2.05) is 37.3 Å². The highest BCUT2D eigenvalue weighted by Gasteiger charge is 2.18. The van der Waals surface area contributed by atoms with Crippen LogP contribution in [0.4, 0.5) is 0 Å². The summed E-state index contributed by atoms with van der Waals surface area (Å²) < 4.78 is 22.3. The molecule has 3 aromatic rings. The maximum Gasteiger partial charge on any atom is 0.244 e. The van der Waals surface area contributed by atoms with Crippen molar-refractivity contribution in [2.24, 2.45) is 5.92 Å². The third-order valence-corrected chi connectivity index (χ3v) is 5.05. The van der Waals surface area contributed by atoms with Crippen molar-refractivity contribution >= 4 is 22.4 Å². The molecule has 0 bridgehead atoms. The molecule has 3 rings (SSSR count). The summed E-state index contributed by atoms with van der Waals surface area (Å²) in [6, 6.07) is 9.44. The molecule has 0 saturated carbocycles. The number of benzene rings is 2. The van der Waals surface area contributed by atoms with E-state index in [1.165, 1.54) is 0 Å². The molecule has 0 aliphatic rings. The zero-order chi connectivity index (χ0) is 22.5. The number of ether oxygens (including phenoxy) is 3. The van der Waals surface area contributed by atoms with Crippen molar-refractivity contribution in [1.82, 2.24) is 5.32 Å². The molecule has 0 unspecified atom stereocenters. The van der Waals surface area contributed by atoms with Gasteiger partial charge in [-0.05, 0) is 42.7 Å². The summed E-state index contributed by atoms with van der Waals surface area (Å²) in [4.78, 5) is 12.3. The Hall–Kier alpha value is -3.41. The number of rotatable bonds is 8. The van der Waals surface area contributed by atoms with E-state index < -0.39 is 0 Å². The Morgan fingerprint density at radius 2 is 1.77 bits per heavy atom. The van der Waals surface area contributed by atoms with Gasteiger partial charge in [-0.3, -0.25) is 4.79 Å². The maximum atomic E-state index is 12.3. The second kappa shape index (κ2) is 9.60. The molecule has 1 N–H and O–H groups in total. The van der Waals surface area contributed by atoms with Gasteiger partial charge < -0.3 is 23.9 Å². The Morgan fingerprint density at radius 1 is 1.03 bits per heavy atom. The van der Waals surface area contributed by atoms with E-state index >= 15 is 0 Å². The van der Waals surface area contributed by atoms with Crippen LogP contribution in [0, 0.1) is 5.92 Å². The van der Waals surface area contributed by atoms with Gasteiger partial charge in [0.25, 0.3) is 0 Å². The molecule has 2 aromatic carbocycles. The monoisotopic (exact) mass is 423 g/mol. The van der Waals surface area contributed by atoms with Gasteiger partial charge in [0.2, 0.25) is 5.91 Å². The largest absolute Gasteiger partial charge is 0.497 e. The van der Waals surface area contributed by atoms with Crippen LogP contribution in [0.25, 0.3) is 27.7 Å². The Kier molecular flexibility index (Phi) is 6.90. The molecule has 1 heterocycles. The van der Waals surface area contributed by atoms with Crippen LogP contribution < -0.4 is 19.5 Å². The summed E-state index contributed by atoms with van der Waals surface area (Å²) in [7, 11) is 4.86. The van der Waals surface area contributed by atoms with Crippen LogP contribution in [-0.4, -0.2) is 33.8 Å². The van der Waals surface area contributed by atoms with Crippen molar-refractivity contribution in [3.63, 3.8) is 0 Å². The van der Waals surface area contributed by atoms with Crippen LogP contribution in [0.1, 0.15) is 26.3 Å². The minimum Gasteiger partial charge on any atom is -0.497 e. The minimum atomic E-state index is -0.129. The molecule has 0 fully saturated rings. The number of methoxy groups -OCH3 is 3. The van der Waals surface area contributed by atoms with Gasteiger partial charge in [0.1, 0.15) is 22.8 Å². The number of hydrogen-bond donors (Lipinski definition) is 1. The fourth-order valence-electron chi connectivity index (χ4n) is 3.40. The highest BCUT2D eigenvalue weighted by molar-refractivity contribution is 6.01. The Balaban J connectivity index is 2.10. The summed E-state index contributed by atoms with van der Waals surface area (Å²) >= 11 is 0. The van der Waals surface area contributed by atoms with Gasteiger partial charge in [-0.25, -0.2) is 0 Å². The average Bonchev–Trinajstić information content (AvgIpc) is 3.18. The van der Waals surface area contributed by atoms with Gasteiger partial charge in [0.05, 0.1) is 27.6 Å². The molecular weight excluding hydrogens is 394 g/mol. The summed E-state index contributed by atoms with van der Waals surface area (Å²) in [5.74, 6) is 2.32. The second-order valence-corrected chi connectivity index (χ2v) is 7.73. The van der Waals surface area contributed by atoms with Crippen LogP contribution in [0.3, 0.4) is 0 Å². The topological polar surface area (TPSA) is 69.9 Å². The first-order valence-electron chi connectivity index (χ1n) is 10.2. The molecular formula is C25H29NO5. The molecule has 0 aliphatic carbocycles. The SMILES string of the molecule is COc1ccc(OC)c(-c2coc3cc(OC)c(/C(C)=C/C(=O)NCC(C)C)cc23)c1. The lowest BCUT2D eigenvalue weighted by Crippen LogP contribution is -2.25. The van der Waals surface area contributed by atoms with Crippen molar-refractivity contribution in [3.05, 3.63) is 48.2 Å². The van der Waals surface area contributed by atoms with Crippen molar-refractivity contribution in [2.45, 2.75) is 20.8 Å². The van der Waals surface area contributed by atoms with E-state index in [0.29, 0.717) is 29.5 Å². The third-order valence-electron chi connectivity index (χ3n) is 5.05. The number of allylic oxidation sites excluding steroid dienone is 1. The number of carbonyl (C=O) groups is 1. The van der Waals surface area contributed by atoms with Gasteiger partial charge in [-0.2, -0.15) is 0 Å². The second-order valence-electron chi connectivity index (χ2n) is 7.73. The van der Waals surface area contributed by atoms with Crippen molar-refractivity contribution in [1.29, 1.82) is 0 Å². The minimum absolute atomic E-state index is 0.129. The molecule has 0 aliphatic heterocycles. The summed E-state index contributed by atoms with van der Waals surface area (Å²) in [6.45, 7) is 6.63. The standard InChI is InChI=1S/C25H29NO5/c1-15(2)13-26-25(27)9-16(3)18-11-20-21(14-31-24(20)12-23(18)30-6)19-10-17(28-4)7-8-22(19)29-5/h7-12,14-15H,13H2,1-6H3,(H,26,27)/b16-9+. The smallest absolute Gasteiger partial charge is 0.244 e. The zero-order valence-electron chi connectivity index (χ0n) is 18.9. The van der Waals surface area contributed by atoms with Gasteiger partial charge >= 0.3 is 0 Å². The number of carbonyl (C=O) groups excluding carboxylic acids is 1. The Labute approximate surface area is 182 Å². The van der Waals surface area contributed by atoms with E-state index in [-0.39, 0.29) is 5.91 Å². The van der Waals surface area contributed by atoms with Crippen molar-refractivity contribution < 1.29 is 23.4 Å². The molecule has 0 radical (unpaired) electrons. The molecule has 1 aromatic heterocycles. The molecule has 1 amide bonds. The average molecular weight is 424 g/mol. The normalized spacial score (nSPS) is 11.6. The predicted octanol–water partition coefficient (Wildman–Crippen LogP) is 5.30. The summed E-state index contributed by atoms with van der Waals surface area (Å²) in [5.41, 5.74) is 4.02. The number of furan rings is 1. The fraction of sp³-hybridized carbons (Fsp3) is 0.320. The van der Waals surface area contributed by atoms with Gasteiger partial charge in [0.15, 0.2) is 0 Å². The van der Waals surface area contributed by atoms with Crippen molar-refractivity contribution in [3.8, 4) is 28.4 Å². The van der Waals surface area contributed by atoms with E-state index in [9.17, 15) is 4.79 Å². The number of amides is 1. The Morgan fingerprint density at radius 3 is 2.42 bits per heavy atom. The van der Waals surface area contributed by atoms with Crippen molar-refractivity contribution in [2.75, 3.05) is 27.9 Å². The number of fused-ring (bicyclic) bond motifs is 1. The van der Waals surface area contributed by atoms with E-state index in [1.54, 1.807) is 33.7 Å². The van der Waals surface area contributed by atoms with Crippen LogP contribution in [0.2, 0.25) is 0 Å². The molecule has 31 heavy (non-hydrogen) atoms. The lowest BCUT2D eigenvalue weighted by molar-refractivity contribution is -0.116. The summed E-state index contributed by atoms with van der Waals surface area (Å²) in [5, 5.41) is 3.80. The van der Waals surface area contributed by atoms with Gasteiger partial charge in [-0.1, -0.05) is 13.8 Å². The van der Waals surface area contributed by atoms with Gasteiger partial charge in [0, 0.05) is 40.8 Å². The molecule has 0 atom stereocenters. The molecule has 0 saturated heterocycles. The first kappa shape index (κ1) is 22.3. The highest BCUT2D eigenvalue weighted by atomic mass is 16.5. The first-order chi connectivity index (χ1) is 14.9. The molecule has 6 heteroatoms. The van der Waals surface area contributed by atoms with E-state index in [2.05, 4.69) is 19.2 Å². The lowest BCUT2D eigenvalue weighted by atomic mass is 9.98. The molecule has 164 valence electrons. The number of nitrogens with one attached hydrogen (secondary N) is 1. The van der Waals surface area contributed by atoms with Crippen LogP contribution in [0.5, 0.6) is 17.2 Å². The van der Waals surface area contributed by atoms with Gasteiger partial charge in [-0.15, -0.1) is 0 Å². The molecule has 6 nitrogen and oxygen atoms in total. The van der Waals surface area contributed by atoms with E-state index in [0.717, 1.165) is 33.4 Å². The third kappa shape index (κ3) is 4.85. The maximum absolute atomic E-state index is 12.3. The fourth-order valence-corrected chi connectivity index (χ4v) is 3.40. The molecule has 0 spiro atoms. The van der Waals surface area contributed by atoms with Crippen LogP contribution in [0.15, 0.2) is 47.1 Å². The number of hydrogen-bond acceptors (Lipinski definition) is 5. The summed E-state index contributed by atoms with van der Waals surface area (Å²) in [6.07, 6.45) is 3.29. The quantitative estimate of drug-likeness (QED) is 0.498.